The molecular weight excluding hydrogens is 450 g/mol. The molecule has 5 N–H and O–H groups in total. The van der Waals surface area contributed by atoms with E-state index in [0.29, 0.717) is 40.4 Å². The van der Waals surface area contributed by atoms with Crippen molar-refractivity contribution in [2.45, 2.75) is 37.6 Å². The van der Waals surface area contributed by atoms with Gasteiger partial charge in [-0.3, -0.25) is 4.79 Å². The van der Waals surface area contributed by atoms with E-state index in [0.717, 1.165) is 40.9 Å². The number of rotatable bonds is 4. The van der Waals surface area contributed by atoms with Crippen molar-refractivity contribution in [1.82, 2.24) is 4.90 Å². The quantitative estimate of drug-likeness (QED) is 0.445. The SMILES string of the molecule is Nc1ccc2c(c1)Oc1cc(O)ccc1C21c2ccc(N)cc2C(=O)N1CCCC12CC3CC(C1)C32. The van der Waals surface area contributed by atoms with Gasteiger partial charge < -0.3 is 26.2 Å². The number of nitrogen functional groups attached to an aromatic ring is 2. The van der Waals surface area contributed by atoms with Crippen molar-refractivity contribution in [3.8, 4) is 17.2 Å². The first-order chi connectivity index (χ1) is 17.4. The standard InChI is InChI=1S/C30H29N3O3/c31-18-2-5-22-21(11-18)28(35)33(9-1-8-29-14-16-10-17(15-29)27(16)29)30(22)23-6-3-19(32)12-25(23)36-26-13-20(34)4-7-24(26)30/h2-7,11-13,16-17,27,34H,1,8-10,14-15,31-32H2. The lowest BCUT2D eigenvalue weighted by atomic mass is 9.28. The van der Waals surface area contributed by atoms with Gasteiger partial charge in [-0.2, -0.15) is 0 Å². The van der Waals surface area contributed by atoms with Crippen LogP contribution in [0.4, 0.5) is 11.4 Å². The maximum Gasteiger partial charge on any atom is 0.255 e. The second-order valence-corrected chi connectivity index (χ2v) is 11.7. The Morgan fingerprint density at radius 3 is 2.31 bits per heavy atom. The third-order valence-corrected chi connectivity index (χ3v) is 10.0. The molecule has 1 amide bonds. The van der Waals surface area contributed by atoms with Gasteiger partial charge in [-0.1, -0.05) is 12.1 Å². The van der Waals surface area contributed by atoms with Crippen LogP contribution >= 0.6 is 0 Å². The molecular formula is C30H29N3O3. The van der Waals surface area contributed by atoms with Crippen molar-refractivity contribution < 1.29 is 14.6 Å². The molecule has 2 heterocycles. The number of anilines is 2. The molecule has 0 bridgehead atoms. The Kier molecular flexibility index (Phi) is 3.73. The highest BCUT2D eigenvalue weighted by atomic mass is 16.5. The van der Waals surface area contributed by atoms with Crippen molar-refractivity contribution >= 4 is 17.3 Å². The second kappa shape index (κ2) is 6.55. The minimum atomic E-state index is -0.872. The summed E-state index contributed by atoms with van der Waals surface area (Å²) in [7, 11) is 0. The minimum absolute atomic E-state index is 0.0138. The molecule has 5 aliphatic rings. The molecule has 0 aromatic heterocycles. The third kappa shape index (κ3) is 2.31. The first kappa shape index (κ1) is 20.5. The Morgan fingerprint density at radius 2 is 1.58 bits per heavy atom. The number of ether oxygens (including phenoxy) is 1. The Morgan fingerprint density at radius 1 is 0.917 bits per heavy atom. The van der Waals surface area contributed by atoms with Crippen LogP contribution in [0, 0.1) is 23.2 Å². The van der Waals surface area contributed by atoms with Crippen molar-refractivity contribution in [3.63, 3.8) is 0 Å². The number of amides is 1. The zero-order chi connectivity index (χ0) is 24.4. The lowest BCUT2D eigenvalue weighted by molar-refractivity contribution is -0.274. The first-order valence-electron chi connectivity index (χ1n) is 13.0. The summed E-state index contributed by atoms with van der Waals surface area (Å²) < 4.78 is 6.27. The molecule has 0 radical (unpaired) electrons. The number of nitrogens with two attached hydrogens (primary N) is 2. The van der Waals surface area contributed by atoms with E-state index in [1.165, 1.54) is 25.7 Å². The predicted molar refractivity (Wildman–Crippen MR) is 137 cm³/mol. The van der Waals surface area contributed by atoms with Crippen LogP contribution in [-0.4, -0.2) is 22.5 Å². The van der Waals surface area contributed by atoms with Crippen LogP contribution < -0.4 is 16.2 Å². The first-order valence-corrected chi connectivity index (χ1v) is 13.0. The normalized spacial score (nSPS) is 31.8. The topological polar surface area (TPSA) is 102 Å². The summed E-state index contributed by atoms with van der Waals surface area (Å²) in [6.45, 7) is 0.640. The van der Waals surface area contributed by atoms with Crippen LogP contribution in [-0.2, 0) is 5.54 Å². The second-order valence-electron chi connectivity index (χ2n) is 11.7. The van der Waals surface area contributed by atoms with E-state index in [9.17, 15) is 9.90 Å². The monoisotopic (exact) mass is 479 g/mol. The average Bonchev–Trinajstić information content (AvgIpc) is 3.06. The van der Waals surface area contributed by atoms with E-state index in [1.807, 2.05) is 35.2 Å². The van der Waals surface area contributed by atoms with Crippen LogP contribution in [0.5, 0.6) is 17.2 Å². The van der Waals surface area contributed by atoms with Gasteiger partial charge in [0.15, 0.2) is 0 Å². The van der Waals surface area contributed by atoms with Gasteiger partial charge in [0.2, 0.25) is 0 Å². The van der Waals surface area contributed by atoms with Crippen molar-refractivity contribution in [1.29, 1.82) is 0 Å². The Labute approximate surface area is 209 Å². The summed E-state index contributed by atoms with van der Waals surface area (Å²) in [6, 6.07) is 16.5. The highest BCUT2D eigenvalue weighted by molar-refractivity contribution is 6.03. The predicted octanol–water partition coefficient (Wildman–Crippen LogP) is 5.24. The number of aromatic hydroxyl groups is 1. The number of carbonyl (C=O) groups excluding carboxylic acids is 1. The van der Waals surface area contributed by atoms with E-state index < -0.39 is 5.54 Å². The van der Waals surface area contributed by atoms with Gasteiger partial charge in [-0.15, -0.1) is 0 Å². The molecule has 3 aromatic rings. The molecule has 3 saturated carbocycles. The van der Waals surface area contributed by atoms with Gasteiger partial charge in [0.05, 0.1) is 0 Å². The molecule has 8 rings (SSSR count). The number of benzene rings is 3. The Hall–Kier alpha value is -3.67. The molecule has 6 nitrogen and oxygen atoms in total. The number of carbonyl (C=O) groups is 1. The van der Waals surface area contributed by atoms with Crippen molar-refractivity contribution in [3.05, 3.63) is 76.9 Å². The molecule has 3 aromatic carbocycles. The van der Waals surface area contributed by atoms with Crippen LogP contribution in [0.25, 0.3) is 0 Å². The van der Waals surface area contributed by atoms with Gasteiger partial charge in [-0.25, -0.2) is 0 Å². The number of nitrogens with zero attached hydrogens (tertiary/aromatic N) is 1. The van der Waals surface area contributed by atoms with E-state index in [1.54, 1.807) is 24.3 Å². The fourth-order valence-electron chi connectivity index (χ4n) is 8.76. The average molecular weight is 480 g/mol. The summed E-state index contributed by atoms with van der Waals surface area (Å²) in [5.41, 5.74) is 16.4. The molecule has 36 heavy (non-hydrogen) atoms. The van der Waals surface area contributed by atoms with Gasteiger partial charge in [0, 0.05) is 46.7 Å². The highest BCUT2D eigenvalue weighted by Gasteiger charge is 2.70. The molecule has 3 atom stereocenters. The molecule has 182 valence electrons. The summed E-state index contributed by atoms with van der Waals surface area (Å²) in [5, 5.41) is 10.3. The Balaban J connectivity index is 1.28. The summed E-state index contributed by atoms with van der Waals surface area (Å²) in [5.74, 6) is 4.14. The van der Waals surface area contributed by atoms with Crippen LogP contribution in [0.1, 0.15) is 59.2 Å². The molecule has 0 saturated heterocycles. The largest absolute Gasteiger partial charge is 0.508 e. The zero-order valence-corrected chi connectivity index (χ0v) is 20.0. The van der Waals surface area contributed by atoms with Gasteiger partial charge >= 0.3 is 0 Å². The zero-order valence-electron chi connectivity index (χ0n) is 20.0. The molecule has 6 heteroatoms. The molecule has 2 aliphatic heterocycles. The fraction of sp³-hybridized carbons (Fsp3) is 0.367. The number of hydrogen-bond donors (Lipinski definition) is 3. The van der Waals surface area contributed by atoms with E-state index in [2.05, 4.69) is 0 Å². The smallest absolute Gasteiger partial charge is 0.255 e. The summed E-state index contributed by atoms with van der Waals surface area (Å²) in [4.78, 5) is 16.1. The number of phenols is 1. The highest BCUT2D eigenvalue weighted by Crippen LogP contribution is 2.78. The summed E-state index contributed by atoms with van der Waals surface area (Å²) in [6.07, 6.45) is 6.34. The molecule has 3 unspecified atom stereocenters. The number of phenolic OH excluding ortho intramolecular Hbond substituents is 1. The maximum atomic E-state index is 14.1. The molecule has 3 aliphatic carbocycles. The number of fused-ring (bicyclic) bond motifs is 6. The summed E-state index contributed by atoms with van der Waals surface area (Å²) >= 11 is 0. The lowest BCUT2D eigenvalue weighted by Gasteiger charge is -2.76. The lowest BCUT2D eigenvalue weighted by Crippen LogP contribution is -2.69. The fourth-order valence-corrected chi connectivity index (χ4v) is 8.76. The van der Waals surface area contributed by atoms with Gasteiger partial charge in [0.25, 0.3) is 5.91 Å². The van der Waals surface area contributed by atoms with Crippen molar-refractivity contribution in [2.24, 2.45) is 23.2 Å². The van der Waals surface area contributed by atoms with E-state index in [4.69, 9.17) is 16.2 Å². The molecule has 3 fully saturated rings. The molecule has 1 spiro atoms. The van der Waals surface area contributed by atoms with Crippen LogP contribution in [0.3, 0.4) is 0 Å². The third-order valence-electron chi connectivity index (χ3n) is 10.0. The number of hydrogen-bond acceptors (Lipinski definition) is 5. The van der Waals surface area contributed by atoms with Crippen LogP contribution in [0.2, 0.25) is 0 Å². The minimum Gasteiger partial charge on any atom is -0.508 e. The van der Waals surface area contributed by atoms with Crippen LogP contribution in [0.15, 0.2) is 54.6 Å². The Bertz CT molecular complexity index is 1420. The van der Waals surface area contributed by atoms with Crippen molar-refractivity contribution in [2.75, 3.05) is 18.0 Å². The maximum absolute atomic E-state index is 14.1. The van der Waals surface area contributed by atoms with Gasteiger partial charge in [-0.05, 0) is 91.2 Å². The van der Waals surface area contributed by atoms with E-state index in [-0.39, 0.29) is 11.7 Å². The van der Waals surface area contributed by atoms with Gasteiger partial charge in [0.1, 0.15) is 22.8 Å². The van der Waals surface area contributed by atoms with E-state index >= 15 is 0 Å².